The van der Waals surface area contributed by atoms with E-state index in [1.165, 1.54) is 10.9 Å². The van der Waals surface area contributed by atoms with Gasteiger partial charge in [-0.2, -0.15) is 5.10 Å². The fourth-order valence-corrected chi connectivity index (χ4v) is 1.46. The van der Waals surface area contributed by atoms with Crippen molar-refractivity contribution in [3.05, 3.63) is 47.2 Å². The van der Waals surface area contributed by atoms with E-state index in [1.54, 1.807) is 7.05 Å². The maximum absolute atomic E-state index is 13.0. The van der Waals surface area contributed by atoms with Crippen LogP contribution in [0.25, 0.3) is 0 Å². The molecule has 0 atom stereocenters. The first kappa shape index (κ1) is 11.3. The molecule has 0 radical (unpaired) electrons. The second-order valence-electron chi connectivity index (χ2n) is 3.55. The van der Waals surface area contributed by atoms with Gasteiger partial charge in [0.25, 0.3) is 0 Å². The smallest absolute Gasteiger partial charge is 0.198 e. The summed E-state index contributed by atoms with van der Waals surface area (Å²) in [6.07, 6.45) is 1.26. The SMILES string of the molecule is Cn1ncc(C(=O)c2cc(F)cc(F)c2)c1N. The lowest BCUT2D eigenvalue weighted by molar-refractivity contribution is 0.103. The van der Waals surface area contributed by atoms with Crippen LogP contribution < -0.4 is 5.73 Å². The van der Waals surface area contributed by atoms with Crippen molar-refractivity contribution in [2.75, 3.05) is 5.73 Å². The number of nitrogens with zero attached hydrogens (tertiary/aromatic N) is 2. The normalized spacial score (nSPS) is 10.5. The first-order chi connectivity index (χ1) is 7.99. The molecule has 2 N–H and O–H groups in total. The molecule has 88 valence electrons. The van der Waals surface area contributed by atoms with Gasteiger partial charge in [-0.3, -0.25) is 9.48 Å². The lowest BCUT2D eigenvalue weighted by atomic mass is 10.1. The first-order valence-corrected chi connectivity index (χ1v) is 4.77. The molecular formula is C11H9F2N3O. The van der Waals surface area contributed by atoms with Crippen LogP contribution >= 0.6 is 0 Å². The van der Waals surface area contributed by atoms with E-state index in [4.69, 9.17) is 5.73 Å². The zero-order valence-electron chi connectivity index (χ0n) is 8.95. The molecule has 0 aliphatic rings. The van der Waals surface area contributed by atoms with Gasteiger partial charge in [0.05, 0.1) is 11.8 Å². The number of halogens is 2. The van der Waals surface area contributed by atoms with Gasteiger partial charge in [-0.1, -0.05) is 0 Å². The van der Waals surface area contributed by atoms with Crippen LogP contribution in [0, 0.1) is 11.6 Å². The van der Waals surface area contributed by atoms with Crippen molar-refractivity contribution in [3.63, 3.8) is 0 Å². The Morgan fingerprint density at radius 1 is 1.29 bits per heavy atom. The number of carbonyl (C=O) groups excluding carboxylic acids is 1. The maximum atomic E-state index is 13.0. The van der Waals surface area contributed by atoms with E-state index in [-0.39, 0.29) is 16.9 Å². The molecule has 0 amide bonds. The first-order valence-electron chi connectivity index (χ1n) is 4.77. The molecule has 2 aromatic rings. The molecule has 0 bridgehead atoms. The Bertz CT molecular complexity index is 572. The average molecular weight is 237 g/mol. The van der Waals surface area contributed by atoms with Crippen LogP contribution in [0.15, 0.2) is 24.4 Å². The van der Waals surface area contributed by atoms with Gasteiger partial charge in [0, 0.05) is 18.7 Å². The highest BCUT2D eigenvalue weighted by molar-refractivity contribution is 6.11. The van der Waals surface area contributed by atoms with E-state index in [2.05, 4.69) is 5.10 Å². The van der Waals surface area contributed by atoms with E-state index < -0.39 is 17.4 Å². The lowest BCUT2D eigenvalue weighted by Crippen LogP contribution is -2.06. The molecule has 0 aliphatic heterocycles. The van der Waals surface area contributed by atoms with E-state index in [1.807, 2.05) is 0 Å². The Hall–Kier alpha value is -2.24. The molecule has 17 heavy (non-hydrogen) atoms. The van der Waals surface area contributed by atoms with Crippen molar-refractivity contribution >= 4 is 11.6 Å². The minimum atomic E-state index is -0.809. The molecule has 0 saturated heterocycles. The number of benzene rings is 1. The Kier molecular flexibility index (Phi) is 2.63. The van der Waals surface area contributed by atoms with E-state index in [9.17, 15) is 13.6 Å². The topological polar surface area (TPSA) is 60.9 Å². The standard InChI is InChI=1S/C11H9F2N3O/c1-16-11(14)9(5-15-16)10(17)6-2-7(12)4-8(13)3-6/h2-5H,14H2,1H3. The molecule has 4 nitrogen and oxygen atoms in total. The molecule has 0 saturated carbocycles. The summed E-state index contributed by atoms with van der Waals surface area (Å²) >= 11 is 0. The minimum absolute atomic E-state index is 0.0952. The Balaban J connectivity index is 2.47. The van der Waals surface area contributed by atoms with Crippen molar-refractivity contribution < 1.29 is 13.6 Å². The molecule has 1 heterocycles. The average Bonchev–Trinajstić information content (AvgIpc) is 2.57. The van der Waals surface area contributed by atoms with Crippen LogP contribution in [0.1, 0.15) is 15.9 Å². The zero-order valence-corrected chi connectivity index (χ0v) is 8.95. The summed E-state index contributed by atoms with van der Waals surface area (Å²) in [6, 6.07) is 2.61. The van der Waals surface area contributed by atoms with Gasteiger partial charge < -0.3 is 5.73 Å². The summed E-state index contributed by atoms with van der Waals surface area (Å²) in [7, 11) is 1.57. The number of nitrogen functional groups attached to an aromatic ring is 1. The predicted molar refractivity (Wildman–Crippen MR) is 57.4 cm³/mol. The number of aryl methyl sites for hydroxylation is 1. The maximum Gasteiger partial charge on any atom is 0.198 e. The third-order valence-corrected chi connectivity index (χ3v) is 2.35. The fourth-order valence-electron chi connectivity index (χ4n) is 1.46. The van der Waals surface area contributed by atoms with E-state index in [0.717, 1.165) is 12.1 Å². The second kappa shape index (κ2) is 3.97. The number of hydrogen-bond donors (Lipinski definition) is 1. The van der Waals surface area contributed by atoms with Gasteiger partial charge in [0.1, 0.15) is 17.5 Å². The van der Waals surface area contributed by atoms with Gasteiger partial charge >= 0.3 is 0 Å². The number of ketones is 1. The highest BCUT2D eigenvalue weighted by Crippen LogP contribution is 2.17. The monoisotopic (exact) mass is 237 g/mol. The number of nitrogens with two attached hydrogens (primary N) is 1. The largest absolute Gasteiger partial charge is 0.383 e. The molecule has 2 rings (SSSR count). The van der Waals surface area contributed by atoms with Crippen LogP contribution in [0.5, 0.6) is 0 Å². The highest BCUT2D eigenvalue weighted by Gasteiger charge is 2.17. The third kappa shape index (κ3) is 2.01. The van der Waals surface area contributed by atoms with Gasteiger partial charge in [-0.05, 0) is 12.1 Å². The predicted octanol–water partition coefficient (Wildman–Crippen LogP) is 1.51. The lowest BCUT2D eigenvalue weighted by Gasteiger charge is -2.01. The van der Waals surface area contributed by atoms with Crippen molar-refractivity contribution in [1.82, 2.24) is 9.78 Å². The van der Waals surface area contributed by atoms with Crippen LogP contribution in [0.2, 0.25) is 0 Å². The highest BCUT2D eigenvalue weighted by atomic mass is 19.1. The molecule has 0 fully saturated rings. The van der Waals surface area contributed by atoms with Crippen LogP contribution in [-0.4, -0.2) is 15.6 Å². The Morgan fingerprint density at radius 2 is 1.88 bits per heavy atom. The zero-order chi connectivity index (χ0) is 12.6. The van der Waals surface area contributed by atoms with Crippen LogP contribution in [-0.2, 0) is 7.05 Å². The summed E-state index contributed by atoms with van der Waals surface area (Å²) in [4.78, 5) is 11.9. The van der Waals surface area contributed by atoms with Gasteiger partial charge in [-0.25, -0.2) is 8.78 Å². The molecular weight excluding hydrogens is 228 g/mol. The summed E-state index contributed by atoms with van der Waals surface area (Å²) in [5.41, 5.74) is 5.64. The van der Waals surface area contributed by atoms with Crippen LogP contribution in [0.3, 0.4) is 0 Å². The summed E-state index contributed by atoms with van der Waals surface area (Å²) < 4.78 is 27.2. The number of rotatable bonds is 2. The fraction of sp³-hybridized carbons (Fsp3) is 0.0909. The Labute approximate surface area is 95.7 Å². The molecule has 0 spiro atoms. The summed E-state index contributed by atoms with van der Waals surface area (Å²) in [5, 5.41) is 3.79. The van der Waals surface area contributed by atoms with Crippen molar-refractivity contribution in [3.8, 4) is 0 Å². The number of carbonyl (C=O) groups is 1. The molecule has 0 aliphatic carbocycles. The van der Waals surface area contributed by atoms with Crippen molar-refractivity contribution in [2.45, 2.75) is 0 Å². The summed E-state index contributed by atoms with van der Waals surface area (Å²) in [5.74, 6) is -2.03. The molecule has 6 heteroatoms. The molecule has 1 aromatic carbocycles. The quantitative estimate of drug-likeness (QED) is 0.805. The second-order valence-corrected chi connectivity index (χ2v) is 3.55. The number of anilines is 1. The summed E-state index contributed by atoms with van der Waals surface area (Å²) in [6.45, 7) is 0. The van der Waals surface area contributed by atoms with Crippen molar-refractivity contribution in [2.24, 2.45) is 7.05 Å². The van der Waals surface area contributed by atoms with E-state index in [0.29, 0.717) is 6.07 Å². The molecule has 1 aromatic heterocycles. The minimum Gasteiger partial charge on any atom is -0.383 e. The Morgan fingerprint density at radius 3 is 2.35 bits per heavy atom. The van der Waals surface area contributed by atoms with Gasteiger partial charge in [-0.15, -0.1) is 0 Å². The molecule has 0 unspecified atom stereocenters. The van der Waals surface area contributed by atoms with Crippen molar-refractivity contribution in [1.29, 1.82) is 0 Å². The number of aromatic nitrogens is 2. The van der Waals surface area contributed by atoms with Gasteiger partial charge in [0.2, 0.25) is 0 Å². The van der Waals surface area contributed by atoms with Gasteiger partial charge in [0.15, 0.2) is 5.78 Å². The third-order valence-electron chi connectivity index (χ3n) is 2.35. The number of hydrogen-bond acceptors (Lipinski definition) is 3. The van der Waals surface area contributed by atoms with E-state index >= 15 is 0 Å². The van der Waals surface area contributed by atoms with Crippen LogP contribution in [0.4, 0.5) is 14.6 Å².